The summed E-state index contributed by atoms with van der Waals surface area (Å²) < 4.78 is 11.1. The molecule has 3 rings (SSSR count). The normalized spacial score (nSPS) is 16.6. The Balaban J connectivity index is 1.70. The van der Waals surface area contributed by atoms with Crippen molar-refractivity contribution in [3.63, 3.8) is 0 Å². The number of rotatable bonds is 2. The van der Waals surface area contributed by atoms with Crippen LogP contribution in [0.3, 0.4) is 0 Å². The highest BCUT2D eigenvalue weighted by Gasteiger charge is 2.27. The molecule has 0 saturated heterocycles. The van der Waals surface area contributed by atoms with Crippen molar-refractivity contribution in [3.05, 3.63) is 53.6 Å². The van der Waals surface area contributed by atoms with Gasteiger partial charge in [-0.05, 0) is 30.3 Å². The average molecular weight is 290 g/mol. The van der Waals surface area contributed by atoms with Crippen LogP contribution < -0.4 is 14.8 Å². The molecular formula is C15H12ClNO3. The lowest BCUT2D eigenvalue weighted by molar-refractivity contribution is -0.125. The fourth-order valence-corrected chi connectivity index (χ4v) is 2.13. The Bertz CT molecular complexity index is 645. The number of anilines is 1. The summed E-state index contributed by atoms with van der Waals surface area (Å²) in [5.74, 6) is 0.964. The van der Waals surface area contributed by atoms with Gasteiger partial charge < -0.3 is 14.8 Å². The molecular weight excluding hydrogens is 278 g/mol. The Morgan fingerprint density at radius 3 is 2.75 bits per heavy atom. The second-order valence-corrected chi connectivity index (χ2v) is 4.80. The molecule has 2 aromatic rings. The minimum Gasteiger partial charge on any atom is -0.485 e. The number of carbonyl (C=O) groups excluding carboxylic acids is 1. The van der Waals surface area contributed by atoms with E-state index in [0.717, 1.165) is 0 Å². The molecule has 0 spiro atoms. The van der Waals surface area contributed by atoms with Crippen molar-refractivity contribution in [2.24, 2.45) is 0 Å². The van der Waals surface area contributed by atoms with Gasteiger partial charge in [0.15, 0.2) is 11.5 Å². The van der Waals surface area contributed by atoms with Gasteiger partial charge in [0, 0.05) is 10.7 Å². The third-order valence-electron chi connectivity index (χ3n) is 2.89. The van der Waals surface area contributed by atoms with Gasteiger partial charge in [0.1, 0.15) is 6.61 Å². The molecule has 2 aromatic carbocycles. The Hall–Kier alpha value is -2.20. The van der Waals surface area contributed by atoms with Gasteiger partial charge >= 0.3 is 0 Å². The fourth-order valence-electron chi connectivity index (χ4n) is 1.94. The monoisotopic (exact) mass is 289 g/mol. The van der Waals surface area contributed by atoms with Crippen molar-refractivity contribution in [2.75, 3.05) is 11.9 Å². The van der Waals surface area contributed by atoms with E-state index in [2.05, 4.69) is 5.32 Å². The molecule has 1 atom stereocenters. The van der Waals surface area contributed by atoms with Crippen LogP contribution in [0.5, 0.6) is 11.5 Å². The van der Waals surface area contributed by atoms with Crippen LogP contribution in [0.1, 0.15) is 0 Å². The summed E-state index contributed by atoms with van der Waals surface area (Å²) in [6.45, 7) is 0.184. The summed E-state index contributed by atoms with van der Waals surface area (Å²) >= 11 is 5.87. The number of amides is 1. The first kappa shape index (κ1) is 12.8. The molecule has 20 heavy (non-hydrogen) atoms. The van der Waals surface area contributed by atoms with Gasteiger partial charge in [-0.2, -0.15) is 0 Å². The standard InChI is InChI=1S/C15H12ClNO3/c16-10-4-3-5-11(8-10)17-15(18)14-9-19-12-6-1-2-7-13(12)20-14/h1-8,14H,9H2,(H,17,18)/t14-/m1/s1. The van der Waals surface area contributed by atoms with Gasteiger partial charge in [-0.15, -0.1) is 0 Å². The maximum absolute atomic E-state index is 12.1. The van der Waals surface area contributed by atoms with E-state index in [0.29, 0.717) is 22.2 Å². The first-order chi connectivity index (χ1) is 9.72. The third-order valence-corrected chi connectivity index (χ3v) is 3.13. The van der Waals surface area contributed by atoms with Crippen molar-refractivity contribution < 1.29 is 14.3 Å². The van der Waals surface area contributed by atoms with Crippen LogP contribution in [-0.2, 0) is 4.79 Å². The predicted molar refractivity (Wildman–Crippen MR) is 76.4 cm³/mol. The Labute approximate surface area is 121 Å². The molecule has 1 aliphatic rings. The van der Waals surface area contributed by atoms with E-state index in [1.54, 1.807) is 36.4 Å². The molecule has 1 aliphatic heterocycles. The molecule has 0 aromatic heterocycles. The number of fused-ring (bicyclic) bond motifs is 1. The van der Waals surface area contributed by atoms with E-state index in [4.69, 9.17) is 21.1 Å². The van der Waals surface area contributed by atoms with E-state index in [9.17, 15) is 4.79 Å². The maximum Gasteiger partial charge on any atom is 0.269 e. The molecule has 0 fully saturated rings. The lowest BCUT2D eigenvalue weighted by Crippen LogP contribution is -2.40. The van der Waals surface area contributed by atoms with Gasteiger partial charge in [-0.25, -0.2) is 0 Å². The number of hydrogen-bond acceptors (Lipinski definition) is 3. The Morgan fingerprint density at radius 1 is 1.15 bits per heavy atom. The van der Waals surface area contributed by atoms with E-state index in [1.165, 1.54) is 0 Å². The highest BCUT2D eigenvalue weighted by molar-refractivity contribution is 6.30. The van der Waals surface area contributed by atoms with E-state index in [-0.39, 0.29) is 12.5 Å². The van der Waals surface area contributed by atoms with Crippen molar-refractivity contribution in [1.29, 1.82) is 0 Å². The number of halogens is 1. The first-order valence-electron chi connectivity index (χ1n) is 6.17. The molecule has 1 N–H and O–H groups in total. The summed E-state index contributed by atoms with van der Waals surface area (Å²) in [5.41, 5.74) is 0.630. The third kappa shape index (κ3) is 2.70. The topological polar surface area (TPSA) is 47.6 Å². The maximum atomic E-state index is 12.1. The summed E-state index contributed by atoms with van der Waals surface area (Å²) in [6, 6.07) is 14.2. The predicted octanol–water partition coefficient (Wildman–Crippen LogP) is 3.12. The van der Waals surface area contributed by atoms with Crippen LogP contribution in [0.4, 0.5) is 5.69 Å². The smallest absolute Gasteiger partial charge is 0.269 e. The quantitative estimate of drug-likeness (QED) is 0.924. The van der Waals surface area contributed by atoms with Crippen LogP contribution in [0.2, 0.25) is 5.02 Å². The van der Waals surface area contributed by atoms with Crippen molar-refractivity contribution >= 4 is 23.2 Å². The number of benzene rings is 2. The van der Waals surface area contributed by atoms with Gasteiger partial charge in [0.2, 0.25) is 6.10 Å². The summed E-state index contributed by atoms with van der Waals surface area (Å²) in [7, 11) is 0. The molecule has 0 saturated carbocycles. The molecule has 0 aliphatic carbocycles. The Morgan fingerprint density at radius 2 is 1.95 bits per heavy atom. The van der Waals surface area contributed by atoms with Crippen LogP contribution in [-0.4, -0.2) is 18.6 Å². The molecule has 5 heteroatoms. The summed E-state index contributed by atoms with van der Waals surface area (Å²) in [4.78, 5) is 12.1. The minimum atomic E-state index is -0.677. The second kappa shape index (κ2) is 5.43. The van der Waals surface area contributed by atoms with Crippen LogP contribution in [0, 0.1) is 0 Å². The van der Waals surface area contributed by atoms with Gasteiger partial charge in [-0.3, -0.25) is 4.79 Å². The molecule has 0 radical (unpaired) electrons. The highest BCUT2D eigenvalue weighted by Crippen LogP contribution is 2.31. The SMILES string of the molecule is O=C(Nc1cccc(Cl)c1)[C@H]1COc2ccccc2O1. The number of hydrogen-bond donors (Lipinski definition) is 1. The number of nitrogens with one attached hydrogen (secondary N) is 1. The van der Waals surface area contributed by atoms with Crippen molar-refractivity contribution in [2.45, 2.75) is 6.10 Å². The van der Waals surface area contributed by atoms with E-state index >= 15 is 0 Å². The summed E-state index contributed by atoms with van der Waals surface area (Å²) in [6.07, 6.45) is -0.677. The first-order valence-corrected chi connectivity index (χ1v) is 6.55. The van der Waals surface area contributed by atoms with E-state index < -0.39 is 6.10 Å². The number of ether oxygens (including phenoxy) is 2. The lowest BCUT2D eigenvalue weighted by atomic mass is 10.2. The van der Waals surface area contributed by atoms with Crippen LogP contribution in [0.15, 0.2) is 48.5 Å². The van der Waals surface area contributed by atoms with Crippen molar-refractivity contribution in [1.82, 2.24) is 0 Å². The number of para-hydroxylation sites is 2. The molecule has 4 nitrogen and oxygen atoms in total. The zero-order chi connectivity index (χ0) is 13.9. The summed E-state index contributed by atoms with van der Waals surface area (Å²) in [5, 5.41) is 3.32. The molecule has 1 amide bonds. The second-order valence-electron chi connectivity index (χ2n) is 4.36. The molecule has 0 bridgehead atoms. The van der Waals surface area contributed by atoms with Crippen molar-refractivity contribution in [3.8, 4) is 11.5 Å². The molecule has 0 unspecified atom stereocenters. The largest absolute Gasteiger partial charge is 0.485 e. The van der Waals surface area contributed by atoms with Crippen LogP contribution >= 0.6 is 11.6 Å². The fraction of sp³-hybridized carbons (Fsp3) is 0.133. The average Bonchev–Trinajstić information content (AvgIpc) is 2.47. The zero-order valence-electron chi connectivity index (χ0n) is 10.5. The highest BCUT2D eigenvalue weighted by atomic mass is 35.5. The number of carbonyl (C=O) groups is 1. The lowest BCUT2D eigenvalue weighted by Gasteiger charge is -2.25. The van der Waals surface area contributed by atoms with Gasteiger partial charge in [0.25, 0.3) is 5.91 Å². The van der Waals surface area contributed by atoms with Crippen LogP contribution in [0.25, 0.3) is 0 Å². The molecule has 1 heterocycles. The minimum absolute atomic E-state index is 0.184. The molecule has 102 valence electrons. The van der Waals surface area contributed by atoms with E-state index in [1.807, 2.05) is 12.1 Å². The van der Waals surface area contributed by atoms with Gasteiger partial charge in [-0.1, -0.05) is 29.8 Å². The van der Waals surface area contributed by atoms with Gasteiger partial charge in [0.05, 0.1) is 0 Å². The zero-order valence-corrected chi connectivity index (χ0v) is 11.3. The Kier molecular flexibility index (Phi) is 3.48.